The van der Waals surface area contributed by atoms with Crippen LogP contribution in [0.2, 0.25) is 0 Å². The fourth-order valence-electron chi connectivity index (χ4n) is 1.54. The van der Waals surface area contributed by atoms with Crippen molar-refractivity contribution >= 4 is 29.4 Å². The predicted octanol–water partition coefficient (Wildman–Crippen LogP) is 1.72. The van der Waals surface area contributed by atoms with Crippen LogP contribution in [0.25, 0.3) is 0 Å². The summed E-state index contributed by atoms with van der Waals surface area (Å²) in [5.41, 5.74) is 6.90. The van der Waals surface area contributed by atoms with E-state index in [0.717, 1.165) is 11.3 Å². The molecule has 1 aromatic carbocycles. The van der Waals surface area contributed by atoms with Gasteiger partial charge in [0.2, 0.25) is 5.91 Å². The van der Waals surface area contributed by atoms with E-state index in [4.69, 9.17) is 5.73 Å². The maximum absolute atomic E-state index is 12.0. The van der Waals surface area contributed by atoms with Crippen molar-refractivity contribution in [3.63, 3.8) is 0 Å². The Hall–Kier alpha value is -1.69. The van der Waals surface area contributed by atoms with E-state index >= 15 is 0 Å². The van der Waals surface area contributed by atoms with Crippen molar-refractivity contribution in [3.8, 4) is 0 Å². The molecule has 4 N–H and O–H groups in total. The van der Waals surface area contributed by atoms with Gasteiger partial charge in [0.25, 0.3) is 0 Å². The van der Waals surface area contributed by atoms with Crippen molar-refractivity contribution in [3.05, 3.63) is 29.8 Å². The van der Waals surface area contributed by atoms with Gasteiger partial charge in [0.1, 0.15) is 6.04 Å². The summed E-state index contributed by atoms with van der Waals surface area (Å²) >= 11 is 1.61. The van der Waals surface area contributed by atoms with E-state index in [1.54, 1.807) is 11.8 Å². The Morgan fingerprint density at radius 2 is 1.95 bits per heavy atom. The van der Waals surface area contributed by atoms with Crippen molar-refractivity contribution < 1.29 is 9.59 Å². The lowest BCUT2D eigenvalue weighted by atomic mass is 10.2. The molecule has 3 amide bonds. The smallest absolute Gasteiger partial charge is 0.312 e. The summed E-state index contributed by atoms with van der Waals surface area (Å²) in [5.74, 6) is 0.517. The maximum Gasteiger partial charge on any atom is 0.312 e. The Bertz CT molecular complexity index is 434. The number of rotatable bonds is 6. The van der Waals surface area contributed by atoms with Crippen LogP contribution in [-0.4, -0.2) is 30.0 Å². The Morgan fingerprint density at radius 1 is 1.32 bits per heavy atom. The molecule has 0 radical (unpaired) electrons. The van der Waals surface area contributed by atoms with Gasteiger partial charge in [0, 0.05) is 5.69 Å². The lowest BCUT2D eigenvalue weighted by Gasteiger charge is -2.16. The molecule has 0 unspecified atom stereocenters. The molecule has 1 aromatic rings. The molecule has 0 saturated carbocycles. The Morgan fingerprint density at radius 3 is 2.47 bits per heavy atom. The molecule has 1 atom stereocenters. The van der Waals surface area contributed by atoms with Crippen LogP contribution in [0.15, 0.2) is 24.3 Å². The Balaban J connectivity index is 2.64. The largest absolute Gasteiger partial charge is 0.352 e. The molecule has 6 heteroatoms. The average Bonchev–Trinajstić information content (AvgIpc) is 2.36. The summed E-state index contributed by atoms with van der Waals surface area (Å²) < 4.78 is 0. The zero-order chi connectivity index (χ0) is 14.3. The summed E-state index contributed by atoms with van der Waals surface area (Å²) in [6.45, 7) is 1.97. The lowest BCUT2D eigenvalue weighted by Crippen LogP contribution is -2.46. The Kier molecular flexibility index (Phi) is 6.21. The SMILES string of the molecule is CSCC[C@H](NC(N)=O)C(=O)Nc1ccc(C)cc1. The van der Waals surface area contributed by atoms with Crippen molar-refractivity contribution in [2.24, 2.45) is 5.73 Å². The van der Waals surface area contributed by atoms with Gasteiger partial charge in [-0.05, 0) is 37.5 Å². The number of hydrogen-bond donors (Lipinski definition) is 3. The van der Waals surface area contributed by atoms with Gasteiger partial charge in [-0.1, -0.05) is 17.7 Å². The van der Waals surface area contributed by atoms with E-state index < -0.39 is 12.1 Å². The van der Waals surface area contributed by atoms with Crippen molar-refractivity contribution in [1.82, 2.24) is 5.32 Å². The predicted molar refractivity (Wildman–Crippen MR) is 79.3 cm³/mol. The van der Waals surface area contributed by atoms with E-state index in [-0.39, 0.29) is 5.91 Å². The molecule has 0 aromatic heterocycles. The number of primary amides is 1. The van der Waals surface area contributed by atoms with E-state index in [1.807, 2.05) is 37.4 Å². The molecule has 5 nitrogen and oxygen atoms in total. The molecular formula is C13H19N3O2S. The monoisotopic (exact) mass is 281 g/mol. The van der Waals surface area contributed by atoms with Crippen LogP contribution in [0.3, 0.4) is 0 Å². The van der Waals surface area contributed by atoms with Gasteiger partial charge >= 0.3 is 6.03 Å². The van der Waals surface area contributed by atoms with Crippen LogP contribution in [0.1, 0.15) is 12.0 Å². The minimum Gasteiger partial charge on any atom is -0.352 e. The Labute approximate surface area is 117 Å². The van der Waals surface area contributed by atoms with Crippen molar-refractivity contribution in [2.75, 3.05) is 17.3 Å². The zero-order valence-corrected chi connectivity index (χ0v) is 11.9. The molecule has 1 rings (SSSR count). The molecule has 0 aliphatic heterocycles. The highest BCUT2D eigenvalue weighted by Gasteiger charge is 2.19. The van der Waals surface area contributed by atoms with Crippen LogP contribution >= 0.6 is 11.8 Å². The summed E-state index contributed by atoms with van der Waals surface area (Å²) in [7, 11) is 0. The quantitative estimate of drug-likeness (QED) is 0.742. The second-order valence-corrected chi connectivity index (χ2v) is 5.18. The zero-order valence-electron chi connectivity index (χ0n) is 11.1. The van der Waals surface area contributed by atoms with Gasteiger partial charge in [-0.15, -0.1) is 0 Å². The molecule has 0 fully saturated rings. The minimum absolute atomic E-state index is 0.253. The van der Waals surface area contributed by atoms with Gasteiger partial charge in [0.05, 0.1) is 0 Å². The number of nitrogens with two attached hydrogens (primary N) is 1. The molecule has 0 bridgehead atoms. The average molecular weight is 281 g/mol. The first kappa shape index (κ1) is 15.4. The second kappa shape index (κ2) is 7.68. The first-order valence-corrected chi connectivity index (χ1v) is 7.34. The van der Waals surface area contributed by atoms with Crippen LogP contribution in [0.5, 0.6) is 0 Å². The summed E-state index contributed by atoms with van der Waals surface area (Å²) in [6, 6.07) is 6.17. The first-order chi connectivity index (χ1) is 9.02. The van der Waals surface area contributed by atoms with Crippen LogP contribution < -0.4 is 16.4 Å². The van der Waals surface area contributed by atoms with Gasteiger partial charge in [-0.2, -0.15) is 11.8 Å². The van der Waals surface area contributed by atoms with E-state index in [2.05, 4.69) is 10.6 Å². The number of hydrogen-bond acceptors (Lipinski definition) is 3. The molecular weight excluding hydrogens is 262 g/mol. The number of anilines is 1. The molecule has 0 aliphatic carbocycles. The van der Waals surface area contributed by atoms with E-state index in [9.17, 15) is 9.59 Å². The highest BCUT2D eigenvalue weighted by atomic mass is 32.2. The minimum atomic E-state index is -0.690. The van der Waals surface area contributed by atoms with Gasteiger partial charge in [0.15, 0.2) is 0 Å². The molecule has 0 spiro atoms. The first-order valence-electron chi connectivity index (χ1n) is 5.95. The van der Waals surface area contributed by atoms with Crippen molar-refractivity contribution in [1.29, 1.82) is 0 Å². The highest BCUT2D eigenvalue weighted by molar-refractivity contribution is 7.98. The fraction of sp³-hybridized carbons (Fsp3) is 0.385. The standard InChI is InChI=1S/C13H19N3O2S/c1-9-3-5-10(6-4-9)15-12(17)11(7-8-19-2)16-13(14)18/h3-6,11H,7-8H2,1-2H3,(H,15,17)(H3,14,16,18)/t11-/m0/s1. The normalized spacial score (nSPS) is 11.7. The molecule has 19 heavy (non-hydrogen) atoms. The number of aryl methyl sites for hydroxylation is 1. The summed E-state index contributed by atoms with van der Waals surface area (Å²) in [5, 5.41) is 5.22. The number of nitrogens with one attached hydrogen (secondary N) is 2. The third-order valence-corrected chi connectivity index (χ3v) is 3.21. The third kappa shape index (κ3) is 5.65. The van der Waals surface area contributed by atoms with Gasteiger partial charge in [-0.3, -0.25) is 4.79 Å². The number of benzene rings is 1. The molecule has 104 valence electrons. The third-order valence-electron chi connectivity index (χ3n) is 2.56. The number of carbonyl (C=O) groups excluding carboxylic acids is 2. The van der Waals surface area contributed by atoms with Crippen molar-refractivity contribution in [2.45, 2.75) is 19.4 Å². The number of thioether (sulfide) groups is 1. The molecule has 0 saturated heterocycles. The molecule has 0 heterocycles. The second-order valence-electron chi connectivity index (χ2n) is 4.20. The topological polar surface area (TPSA) is 84.2 Å². The number of carbonyl (C=O) groups is 2. The fourth-order valence-corrected chi connectivity index (χ4v) is 2.01. The number of amides is 3. The number of urea groups is 1. The van der Waals surface area contributed by atoms with Gasteiger partial charge in [-0.25, -0.2) is 4.79 Å². The van der Waals surface area contributed by atoms with E-state index in [1.165, 1.54) is 0 Å². The summed E-state index contributed by atoms with van der Waals surface area (Å²) in [6.07, 6.45) is 2.49. The molecule has 0 aliphatic rings. The maximum atomic E-state index is 12.0. The van der Waals surface area contributed by atoms with Crippen LogP contribution in [0.4, 0.5) is 10.5 Å². The van der Waals surface area contributed by atoms with Crippen LogP contribution in [0, 0.1) is 6.92 Å². The van der Waals surface area contributed by atoms with E-state index in [0.29, 0.717) is 12.1 Å². The highest BCUT2D eigenvalue weighted by Crippen LogP contribution is 2.10. The lowest BCUT2D eigenvalue weighted by molar-refractivity contribution is -0.117. The summed E-state index contributed by atoms with van der Waals surface area (Å²) in [4.78, 5) is 22.9. The van der Waals surface area contributed by atoms with Crippen LogP contribution in [-0.2, 0) is 4.79 Å². The van der Waals surface area contributed by atoms with Gasteiger partial charge < -0.3 is 16.4 Å².